The van der Waals surface area contributed by atoms with Gasteiger partial charge in [-0.2, -0.15) is 14.8 Å². The van der Waals surface area contributed by atoms with Crippen molar-refractivity contribution >= 4 is 21.6 Å². The fraction of sp³-hybridized carbons (Fsp3) is 0.385. The number of piperazine rings is 1. The number of hydrogen-bond acceptors (Lipinski definition) is 5. The Morgan fingerprint density at radius 2 is 1.86 bits per heavy atom. The average Bonchev–Trinajstić information content (AvgIpc) is 2.48. The standard InChI is InChI=1S/C13H13ClN4O2S/c14-13-9-12(2-1-11(13)10-16)21(19,20)18-7-5-17(4-3-15)6-8-18/h1-2,9H,4-8H2. The molecule has 0 atom stereocenters. The molecule has 0 bridgehead atoms. The van der Waals surface area contributed by atoms with Crippen molar-refractivity contribution in [3.05, 3.63) is 28.8 Å². The number of halogens is 1. The van der Waals surface area contributed by atoms with E-state index < -0.39 is 10.0 Å². The van der Waals surface area contributed by atoms with Crippen molar-refractivity contribution < 1.29 is 8.42 Å². The van der Waals surface area contributed by atoms with Crippen LogP contribution >= 0.6 is 11.6 Å². The Kier molecular flexibility index (Phi) is 4.81. The molecule has 1 fully saturated rings. The summed E-state index contributed by atoms with van der Waals surface area (Å²) < 4.78 is 26.4. The van der Waals surface area contributed by atoms with Crippen LogP contribution in [0.15, 0.2) is 23.1 Å². The van der Waals surface area contributed by atoms with E-state index in [1.807, 2.05) is 11.0 Å². The van der Waals surface area contributed by atoms with E-state index in [1.54, 1.807) is 0 Å². The molecule has 0 aromatic heterocycles. The second kappa shape index (κ2) is 6.42. The highest BCUT2D eigenvalue weighted by Crippen LogP contribution is 2.23. The van der Waals surface area contributed by atoms with E-state index in [9.17, 15) is 8.42 Å². The van der Waals surface area contributed by atoms with E-state index in [1.165, 1.54) is 22.5 Å². The first-order valence-electron chi connectivity index (χ1n) is 6.28. The highest BCUT2D eigenvalue weighted by molar-refractivity contribution is 7.89. The molecule has 0 aliphatic carbocycles. The SMILES string of the molecule is N#CCN1CCN(S(=O)(=O)c2ccc(C#N)c(Cl)c2)CC1. The van der Waals surface area contributed by atoms with E-state index in [2.05, 4.69) is 6.07 Å². The summed E-state index contributed by atoms with van der Waals surface area (Å²) >= 11 is 5.89. The first-order valence-corrected chi connectivity index (χ1v) is 8.10. The van der Waals surface area contributed by atoms with Gasteiger partial charge in [0.15, 0.2) is 0 Å². The monoisotopic (exact) mass is 324 g/mol. The molecule has 0 saturated carbocycles. The molecule has 0 radical (unpaired) electrons. The predicted octanol–water partition coefficient (Wildman–Crippen LogP) is 1.04. The van der Waals surface area contributed by atoms with Crippen molar-refractivity contribution in [2.45, 2.75) is 4.90 Å². The van der Waals surface area contributed by atoms with Gasteiger partial charge in [0.1, 0.15) is 6.07 Å². The van der Waals surface area contributed by atoms with Gasteiger partial charge in [-0.1, -0.05) is 11.6 Å². The molecule has 0 unspecified atom stereocenters. The van der Waals surface area contributed by atoms with Gasteiger partial charge in [0.2, 0.25) is 10.0 Å². The number of rotatable bonds is 3. The molecule has 6 nitrogen and oxygen atoms in total. The molecule has 1 aliphatic rings. The molecule has 0 amide bonds. The van der Waals surface area contributed by atoms with Gasteiger partial charge in [-0.15, -0.1) is 0 Å². The number of benzene rings is 1. The minimum atomic E-state index is -3.62. The van der Waals surface area contributed by atoms with Crippen LogP contribution in [0.25, 0.3) is 0 Å². The first kappa shape index (κ1) is 15.7. The Hall–Kier alpha value is -1.64. The molecule has 1 aliphatic heterocycles. The van der Waals surface area contributed by atoms with Crippen LogP contribution in [0.1, 0.15) is 5.56 Å². The number of nitriles is 2. The van der Waals surface area contributed by atoms with Gasteiger partial charge < -0.3 is 0 Å². The fourth-order valence-corrected chi connectivity index (χ4v) is 3.86. The lowest BCUT2D eigenvalue weighted by Crippen LogP contribution is -2.48. The van der Waals surface area contributed by atoms with E-state index in [0.717, 1.165) is 0 Å². The van der Waals surface area contributed by atoms with Crippen LogP contribution in [-0.2, 0) is 10.0 Å². The quantitative estimate of drug-likeness (QED) is 0.775. The Balaban J connectivity index is 2.18. The Morgan fingerprint density at radius 1 is 1.19 bits per heavy atom. The number of hydrogen-bond donors (Lipinski definition) is 0. The second-order valence-corrected chi connectivity index (χ2v) is 6.94. The molecule has 0 spiro atoms. The van der Waals surface area contributed by atoms with Crippen LogP contribution in [0.4, 0.5) is 0 Å². The average molecular weight is 325 g/mol. The van der Waals surface area contributed by atoms with Crippen molar-refractivity contribution in [1.82, 2.24) is 9.21 Å². The third kappa shape index (κ3) is 3.34. The minimum absolute atomic E-state index is 0.0835. The van der Waals surface area contributed by atoms with Crippen molar-refractivity contribution in [2.75, 3.05) is 32.7 Å². The van der Waals surface area contributed by atoms with Gasteiger partial charge in [-0.25, -0.2) is 8.42 Å². The Bertz CT molecular complexity index is 713. The molecule has 1 heterocycles. The van der Waals surface area contributed by atoms with Crippen molar-refractivity contribution in [1.29, 1.82) is 10.5 Å². The maximum atomic E-state index is 12.5. The molecule has 1 saturated heterocycles. The molecule has 1 aromatic rings. The van der Waals surface area contributed by atoms with Crippen LogP contribution in [0, 0.1) is 22.7 Å². The topological polar surface area (TPSA) is 88.2 Å². The molecule has 1 aromatic carbocycles. The lowest BCUT2D eigenvalue weighted by atomic mass is 10.2. The molecule has 0 N–H and O–H groups in total. The highest BCUT2D eigenvalue weighted by Gasteiger charge is 2.28. The predicted molar refractivity (Wildman–Crippen MR) is 77.0 cm³/mol. The van der Waals surface area contributed by atoms with E-state index in [0.29, 0.717) is 32.7 Å². The largest absolute Gasteiger partial charge is 0.288 e. The zero-order valence-corrected chi connectivity index (χ0v) is 12.7. The number of nitrogens with zero attached hydrogens (tertiary/aromatic N) is 4. The molecule has 8 heteroatoms. The van der Waals surface area contributed by atoms with Crippen molar-refractivity contribution in [2.24, 2.45) is 0 Å². The lowest BCUT2D eigenvalue weighted by molar-refractivity contribution is 0.206. The summed E-state index contributed by atoms with van der Waals surface area (Å²) in [6.45, 7) is 2.02. The first-order chi connectivity index (χ1) is 9.98. The maximum absolute atomic E-state index is 12.5. The van der Waals surface area contributed by atoms with Crippen molar-refractivity contribution in [3.8, 4) is 12.1 Å². The highest BCUT2D eigenvalue weighted by atomic mass is 35.5. The maximum Gasteiger partial charge on any atom is 0.243 e. The van der Waals surface area contributed by atoms with Crippen LogP contribution in [-0.4, -0.2) is 50.3 Å². The van der Waals surface area contributed by atoms with E-state index in [4.69, 9.17) is 22.1 Å². The van der Waals surface area contributed by atoms with Gasteiger partial charge in [0.05, 0.1) is 28.1 Å². The third-order valence-electron chi connectivity index (χ3n) is 3.32. The molecule has 21 heavy (non-hydrogen) atoms. The third-order valence-corrected chi connectivity index (χ3v) is 5.53. The molecular formula is C13H13ClN4O2S. The summed E-state index contributed by atoms with van der Waals surface area (Å²) in [5.74, 6) is 0. The normalized spacial score (nSPS) is 17.1. The van der Waals surface area contributed by atoms with Crippen LogP contribution in [0.3, 0.4) is 0 Å². The van der Waals surface area contributed by atoms with Gasteiger partial charge in [-0.3, -0.25) is 4.90 Å². The van der Waals surface area contributed by atoms with Crippen LogP contribution in [0.5, 0.6) is 0 Å². The molecular weight excluding hydrogens is 312 g/mol. The van der Waals surface area contributed by atoms with Crippen molar-refractivity contribution in [3.63, 3.8) is 0 Å². The second-order valence-electron chi connectivity index (χ2n) is 4.59. The van der Waals surface area contributed by atoms with E-state index in [-0.39, 0.29) is 15.5 Å². The Morgan fingerprint density at radius 3 is 2.38 bits per heavy atom. The van der Waals surface area contributed by atoms with Crippen LogP contribution in [0.2, 0.25) is 5.02 Å². The summed E-state index contributed by atoms with van der Waals surface area (Å²) in [5, 5.41) is 17.6. The lowest BCUT2D eigenvalue weighted by Gasteiger charge is -2.32. The summed E-state index contributed by atoms with van der Waals surface area (Å²) in [6, 6.07) is 8.05. The zero-order chi connectivity index (χ0) is 15.5. The van der Waals surface area contributed by atoms with Gasteiger partial charge in [-0.05, 0) is 18.2 Å². The summed E-state index contributed by atoms with van der Waals surface area (Å²) in [6.07, 6.45) is 0. The zero-order valence-electron chi connectivity index (χ0n) is 11.2. The van der Waals surface area contributed by atoms with E-state index >= 15 is 0 Å². The smallest absolute Gasteiger partial charge is 0.243 e. The summed E-state index contributed by atoms with van der Waals surface area (Å²) in [5.41, 5.74) is 0.245. The number of sulfonamides is 1. The van der Waals surface area contributed by atoms with Crippen LogP contribution < -0.4 is 0 Å². The van der Waals surface area contributed by atoms with Gasteiger partial charge >= 0.3 is 0 Å². The molecule has 2 rings (SSSR count). The van der Waals surface area contributed by atoms with Gasteiger partial charge in [0.25, 0.3) is 0 Å². The Labute approximate surface area is 128 Å². The molecule has 110 valence electrons. The summed E-state index contributed by atoms with van der Waals surface area (Å²) in [4.78, 5) is 1.98. The summed E-state index contributed by atoms with van der Waals surface area (Å²) in [7, 11) is -3.62. The minimum Gasteiger partial charge on any atom is -0.288 e. The fourth-order valence-electron chi connectivity index (χ4n) is 2.12. The van der Waals surface area contributed by atoms with Gasteiger partial charge in [0, 0.05) is 26.2 Å².